The zero-order valence-corrected chi connectivity index (χ0v) is 80.4. The summed E-state index contributed by atoms with van der Waals surface area (Å²) in [5.41, 5.74) is 15.6. The number of nitrogens with zero attached hydrogens (tertiary/aromatic N) is 11. The Bertz CT molecular complexity index is 5600. The lowest BCUT2D eigenvalue weighted by Gasteiger charge is -2.11. The number of hydrogen-bond acceptors (Lipinski definition) is 24. The first-order valence-corrected chi connectivity index (χ1v) is 46.2. The molecule has 44 heteroatoms. The first kappa shape index (κ1) is 103. The zero-order valence-electron chi connectivity index (χ0n) is 63.2. The molecule has 27 nitrogen and oxygen atoms in total. The van der Waals surface area contributed by atoms with Gasteiger partial charge in [0.25, 0.3) is 11.8 Å². The maximum absolute atomic E-state index is 11.7. The number of amides is 2. The van der Waals surface area contributed by atoms with Gasteiger partial charge in [0.1, 0.15) is 5.88 Å². The summed E-state index contributed by atoms with van der Waals surface area (Å²) in [7, 11) is 1.37. The number of esters is 1. The van der Waals surface area contributed by atoms with E-state index in [1.165, 1.54) is 30.0 Å². The van der Waals surface area contributed by atoms with Crippen molar-refractivity contribution < 1.29 is 47.3 Å². The highest BCUT2D eigenvalue weighted by Gasteiger charge is 2.22. The lowest BCUT2D eigenvalue weighted by molar-refractivity contribution is -0.115. The van der Waals surface area contributed by atoms with E-state index in [1.54, 1.807) is 43.0 Å². The van der Waals surface area contributed by atoms with E-state index in [1.807, 2.05) is 189 Å². The molecule has 0 atom stereocenters. The van der Waals surface area contributed by atoms with Gasteiger partial charge in [0.05, 0.1) is 80.4 Å². The largest absolute Gasteiger partial charge is 0.465 e. The van der Waals surface area contributed by atoms with Crippen LogP contribution in [-0.4, -0.2) is 119 Å². The van der Waals surface area contributed by atoms with Crippen molar-refractivity contribution in [2.45, 2.75) is 51.4 Å². The molecule has 0 unspecified atom stereocenters. The fourth-order valence-corrected chi connectivity index (χ4v) is 14.2. The number of ether oxygens (including phenoxy) is 1. The van der Waals surface area contributed by atoms with Crippen LogP contribution in [0.3, 0.4) is 0 Å². The van der Waals surface area contributed by atoms with Crippen LogP contribution in [0.15, 0.2) is 225 Å². The van der Waals surface area contributed by atoms with Crippen LogP contribution in [0, 0.1) is 39.4 Å². The first-order valence-electron chi connectivity index (χ1n) is 33.7. The lowest BCUT2D eigenvalue weighted by Crippen LogP contribution is -2.30. The van der Waals surface area contributed by atoms with Crippen LogP contribution >= 0.6 is 212 Å². The summed E-state index contributed by atoms with van der Waals surface area (Å²) in [4.78, 5) is 62.3. The Hall–Kier alpha value is -7.20. The highest BCUT2D eigenvalue weighted by molar-refractivity contribution is 9.11. The van der Waals surface area contributed by atoms with E-state index in [-0.39, 0.29) is 47.8 Å². The number of hydrogen-bond donors (Lipinski definition) is 7. The van der Waals surface area contributed by atoms with E-state index in [2.05, 4.69) is 185 Å². The number of nitrogen functional groups attached to an aromatic ring is 1. The number of rotatable bonds is 17. The van der Waals surface area contributed by atoms with Crippen molar-refractivity contribution in [2.75, 3.05) is 25.4 Å². The minimum Gasteiger partial charge on any atom is -0.465 e. The fourth-order valence-electron chi connectivity index (χ4n) is 9.20. The van der Waals surface area contributed by atoms with Gasteiger partial charge in [0.15, 0.2) is 27.4 Å². The summed E-state index contributed by atoms with van der Waals surface area (Å²) in [6, 6.07) is 50.8. The molecule has 632 valence electrons. The van der Waals surface area contributed by atoms with Crippen LogP contribution in [0.25, 0.3) is 57.1 Å². The van der Waals surface area contributed by atoms with Crippen LogP contribution < -0.4 is 28.0 Å². The van der Waals surface area contributed by atoms with Crippen LogP contribution in [-0.2, 0) is 30.5 Å². The van der Waals surface area contributed by atoms with Gasteiger partial charge in [0, 0.05) is 58.3 Å². The van der Waals surface area contributed by atoms with E-state index in [9.17, 15) is 28.5 Å². The number of Topliss-reactive ketones (excluding diaryl/α,β-unsaturated/α-hetero) is 1. The predicted octanol–water partition coefficient (Wildman–Crippen LogP) is 22.4. The van der Waals surface area contributed by atoms with Gasteiger partial charge in [-0.25, -0.2) is 16.5 Å². The Morgan fingerprint density at radius 2 is 0.958 bits per heavy atom. The number of H-pyrrole nitrogens is 1. The molecule has 0 aliphatic carbocycles. The van der Waals surface area contributed by atoms with Gasteiger partial charge in [0.2, 0.25) is 28.8 Å². The predicted molar refractivity (Wildman–Crippen MR) is 494 cm³/mol. The summed E-state index contributed by atoms with van der Waals surface area (Å²) >= 11 is 70.7. The summed E-state index contributed by atoms with van der Waals surface area (Å²) in [5, 5.41) is 39.8. The molecule has 0 radical (unpaired) electrons. The second-order valence-electron chi connectivity index (χ2n) is 23.4. The van der Waals surface area contributed by atoms with Gasteiger partial charge >= 0.3 is 11.2 Å². The van der Waals surface area contributed by atoms with Gasteiger partial charge < -0.3 is 24.1 Å². The van der Waals surface area contributed by atoms with Crippen LogP contribution in [0.1, 0.15) is 70.7 Å². The summed E-state index contributed by atoms with van der Waals surface area (Å²) in [5.74, 6) is 11.8. The minimum atomic E-state index is -3.22. The molecule has 120 heavy (non-hydrogen) atoms. The number of hydrazine groups is 2. The maximum Gasteiger partial charge on any atom is 0.339 e. The average molecular weight is 2190 g/mol. The van der Waals surface area contributed by atoms with Crippen molar-refractivity contribution in [3.63, 3.8) is 0 Å². The number of aromatic nitrogens is 12. The Morgan fingerprint density at radius 3 is 1.36 bits per heavy atom. The summed E-state index contributed by atoms with van der Waals surface area (Å²) in [6.07, 6.45) is 6.86. The Morgan fingerprint density at radius 1 is 0.558 bits per heavy atom. The molecule has 0 aliphatic heterocycles. The third-order valence-electron chi connectivity index (χ3n) is 14.6. The van der Waals surface area contributed by atoms with E-state index in [0.717, 1.165) is 73.8 Å². The Balaban J connectivity index is 0.000000258. The number of methoxy groups -OCH3 is 1. The number of ketones is 1. The highest BCUT2D eigenvalue weighted by atomic mass is 79.9. The third kappa shape index (κ3) is 34.8. The van der Waals surface area contributed by atoms with E-state index in [4.69, 9.17) is 102 Å². The van der Waals surface area contributed by atoms with Crippen molar-refractivity contribution in [2.24, 2.45) is 11.7 Å². The molecule has 13 aromatic rings. The molecular weight excluding hydrogens is 2120 g/mol. The number of carbonyl (C=O) groups excluding carboxylic acids is 5. The molecule has 0 fully saturated rings. The molecule has 13 rings (SSSR count). The number of aromatic amines is 1. The number of pyridine rings is 2. The molecule has 9 N–H and O–H groups in total. The number of nitrogens with one attached hydrogen (secondary N) is 4. The monoisotopic (exact) mass is 2180 g/mol. The van der Waals surface area contributed by atoms with Crippen molar-refractivity contribution >= 4 is 241 Å². The maximum atomic E-state index is 11.7. The first-order chi connectivity index (χ1) is 57.1. The normalized spacial score (nSPS) is 10.3. The van der Waals surface area contributed by atoms with E-state index < -0.39 is 10.4 Å². The van der Waals surface area contributed by atoms with Crippen molar-refractivity contribution in [1.29, 1.82) is 0 Å². The van der Waals surface area contributed by atoms with Gasteiger partial charge in [-0.05, 0) is 309 Å². The summed E-state index contributed by atoms with van der Waals surface area (Å²) < 4.78 is 33.7. The second kappa shape index (κ2) is 53.7. The number of para-hydroxylation sites is 2. The van der Waals surface area contributed by atoms with Gasteiger partial charge in [-0.15, -0.1) is 71.0 Å². The molecule has 0 saturated carbocycles. The zero-order chi connectivity index (χ0) is 88.8. The number of benzene rings is 7. The topological polar surface area (TPSA) is 388 Å². The second-order valence-corrected chi connectivity index (χ2v) is 37.7. The Kier molecular flexibility index (Phi) is 46.3. The van der Waals surface area contributed by atoms with Crippen LogP contribution in [0.2, 0.25) is 10.0 Å². The van der Waals surface area contributed by atoms with Crippen molar-refractivity contribution in [3.05, 3.63) is 282 Å². The minimum absolute atomic E-state index is 0.0390. The molecule has 7 aromatic carbocycles. The quantitative estimate of drug-likeness (QED) is 0.00512. The van der Waals surface area contributed by atoms with Crippen molar-refractivity contribution in [3.8, 4) is 57.1 Å². The van der Waals surface area contributed by atoms with Crippen LogP contribution in [0.5, 0.6) is 0 Å². The molecule has 0 spiro atoms. The number of thioether (sulfide) groups is 1. The smallest absolute Gasteiger partial charge is 0.339 e. The molecular formula is C76H68Br5Cl9N17O10PS2. The van der Waals surface area contributed by atoms with Crippen molar-refractivity contribution in [1.82, 2.24) is 76.2 Å². The number of halogens is 14. The number of nitrogens with two attached hydrogens (primary N) is 2. The van der Waals surface area contributed by atoms with E-state index >= 15 is 0 Å². The SMILES string of the molecule is COC(=O)c1ccc(C)cc1Br.Cc1ccc(-c2nnc(CCl)o2)c(Br)c1.Cc1ccc(-c2nnc(CSc3nnc(-c4ccncc4)n3-c3ccccc3Cl)o2)c(Br)c1.Cc1ccc(C(=O)NCC(=O)CCl)c(Br)c1.Cc1ccc(C(=O)NN)c(Br)c1.NNO.O=C(Cl)CCl.O=P(Cl)(Cl)Cl.S=c1[nH]nc(-c2ccncc2)n1-c1ccccc1Cl. The van der Waals surface area contributed by atoms with E-state index in [0.29, 0.717) is 82.1 Å². The van der Waals surface area contributed by atoms with Gasteiger partial charge in [-0.3, -0.25) is 53.4 Å². The molecule has 6 heterocycles. The molecule has 0 bridgehead atoms. The molecule has 6 aromatic heterocycles. The number of carbonyl (C=O) groups is 5. The average Bonchev–Trinajstić information content (AvgIpc) is 1.71. The molecule has 0 saturated heterocycles. The fraction of sp³-hybridized carbons (Fsp3) is 0.145. The molecule has 0 aliphatic rings. The lowest BCUT2D eigenvalue weighted by atomic mass is 10.1. The Labute approximate surface area is 784 Å². The van der Waals surface area contributed by atoms with Gasteiger partial charge in [-0.2, -0.15) is 5.10 Å². The van der Waals surface area contributed by atoms with Crippen LogP contribution in [0.4, 0.5) is 0 Å². The molecule has 2 amide bonds. The standard InChI is InChI=1S/C23H16BrClN6OS.C13H9ClN4S.C11H11BrClNO2.C10H8BrClN2O.C9H9BrO2.C8H9BrN2O.C2H2Cl2O.Cl3OP.H4N2O/c1-14-6-7-16(17(24)12-14)22-29-27-20(32-22)13-33-23-30-28-21(15-8-10-26-11-9-15)31(23)19-5-3-2-4-18(19)25;14-10-3-1-2-4-11(10)18-12(16-17-13(18)19)9-5-7-15-8-6-9;1-7-2-3-9(10(12)4-7)11(16)14-6-8(15)5-13;1-6-2-3-7(8(11)4-6)10-14-13-9(5-12)15-10;1-6-3-4-7(8(10)5-6)9(11)12-2;1-5-2-3-6(7(9)4-5)8(12)11-10;3-1-2(4)5;1-5(2,3)4;1-2-3/h2-12H,13H2,1H3;1-8H,(H,17,19);2-4H,5-6H2,1H3,(H,14,16);2-4H,5H2,1H3;3-5H,1-2H3;2-4H,10H2,1H3,(H,11,12);1H2;;2-3H,1H2. The number of alkyl halides is 3. The number of aryl methyl sites for hydroxylation is 5. The van der Waals surface area contributed by atoms with Gasteiger partial charge in [-0.1, -0.05) is 89.6 Å². The highest BCUT2D eigenvalue weighted by Crippen LogP contribution is 2.61. The summed E-state index contributed by atoms with van der Waals surface area (Å²) in [6.45, 7) is 9.86. The third-order valence-corrected chi connectivity index (χ3v) is 20.7.